The quantitative estimate of drug-likeness (QED) is 0.630. The zero-order valence-electron chi connectivity index (χ0n) is 12.1. The first-order valence-corrected chi connectivity index (χ1v) is 9.65. The van der Waals surface area contributed by atoms with Gasteiger partial charge in [-0.2, -0.15) is 4.39 Å². The lowest BCUT2D eigenvalue weighted by atomic mass is 10.3. The summed E-state index contributed by atoms with van der Waals surface area (Å²) in [6, 6.07) is 6.95. The van der Waals surface area contributed by atoms with E-state index in [1.165, 1.54) is 0 Å². The fourth-order valence-corrected chi connectivity index (χ4v) is 3.48. The van der Waals surface area contributed by atoms with Crippen molar-refractivity contribution >= 4 is 31.2 Å². The second kappa shape index (κ2) is 6.17. The number of benzene rings is 2. The van der Waals surface area contributed by atoms with E-state index in [1.807, 2.05) is 0 Å². The number of hydrogen-bond donors (Lipinski definition) is 1. The van der Waals surface area contributed by atoms with E-state index in [1.54, 1.807) is 0 Å². The summed E-state index contributed by atoms with van der Waals surface area (Å²) in [5.41, 5.74) is -1.07. The second-order valence-corrected chi connectivity index (χ2v) is 8.47. The molecule has 0 saturated heterocycles. The first-order valence-electron chi connectivity index (χ1n) is 6.27. The predicted octanol–water partition coefficient (Wildman–Crippen LogP) is 1.94. The van der Waals surface area contributed by atoms with Gasteiger partial charge in [0.05, 0.1) is 20.4 Å². The third kappa shape index (κ3) is 3.86. The zero-order valence-corrected chi connectivity index (χ0v) is 13.8. The number of anilines is 1. The molecule has 2 rings (SSSR count). The smallest absolute Gasteiger partial charge is 0.279 e. The summed E-state index contributed by atoms with van der Waals surface area (Å²) in [5.74, 6) is -1.10. The highest BCUT2D eigenvalue weighted by Crippen LogP contribution is 2.24. The molecule has 24 heavy (non-hydrogen) atoms. The van der Waals surface area contributed by atoms with Gasteiger partial charge < -0.3 is 0 Å². The van der Waals surface area contributed by atoms with Crippen molar-refractivity contribution in [2.45, 2.75) is 9.79 Å². The molecule has 128 valence electrons. The highest BCUT2D eigenvalue weighted by atomic mass is 32.2. The Labute approximate surface area is 137 Å². The molecule has 0 aliphatic carbocycles. The van der Waals surface area contributed by atoms with Crippen LogP contribution in [0, 0.1) is 15.9 Å². The molecule has 2 aromatic rings. The van der Waals surface area contributed by atoms with Gasteiger partial charge in [0, 0.05) is 12.3 Å². The molecule has 0 fully saturated rings. The van der Waals surface area contributed by atoms with Crippen LogP contribution >= 0.6 is 0 Å². The van der Waals surface area contributed by atoms with Crippen LogP contribution in [-0.4, -0.2) is 28.0 Å². The first kappa shape index (κ1) is 17.8. The molecule has 0 atom stereocenters. The highest BCUT2D eigenvalue weighted by Gasteiger charge is 2.19. The summed E-state index contributed by atoms with van der Waals surface area (Å²) >= 11 is 0. The molecule has 0 spiro atoms. The Morgan fingerprint density at radius 3 is 2.04 bits per heavy atom. The Bertz CT molecular complexity index is 1000. The molecule has 0 saturated carbocycles. The fourth-order valence-electron chi connectivity index (χ4n) is 1.80. The van der Waals surface area contributed by atoms with Gasteiger partial charge in [-0.1, -0.05) is 0 Å². The van der Waals surface area contributed by atoms with E-state index in [9.17, 15) is 31.3 Å². The van der Waals surface area contributed by atoms with Crippen LogP contribution in [0.2, 0.25) is 0 Å². The lowest BCUT2D eigenvalue weighted by Crippen LogP contribution is -2.13. The van der Waals surface area contributed by atoms with Crippen molar-refractivity contribution in [1.29, 1.82) is 0 Å². The summed E-state index contributed by atoms with van der Waals surface area (Å²) < 4.78 is 62.4. The number of sulfone groups is 1. The summed E-state index contributed by atoms with van der Waals surface area (Å²) in [7, 11) is -7.60. The molecule has 0 aliphatic heterocycles. The van der Waals surface area contributed by atoms with Gasteiger partial charge >= 0.3 is 5.69 Å². The monoisotopic (exact) mass is 374 g/mol. The average molecular weight is 374 g/mol. The molecule has 2 aromatic carbocycles. The third-order valence-electron chi connectivity index (χ3n) is 2.96. The van der Waals surface area contributed by atoms with Gasteiger partial charge in [-0.15, -0.1) is 0 Å². The molecule has 0 radical (unpaired) electrons. The highest BCUT2D eigenvalue weighted by molar-refractivity contribution is 7.92. The van der Waals surface area contributed by atoms with Gasteiger partial charge in [0.1, 0.15) is 0 Å². The van der Waals surface area contributed by atoms with Crippen LogP contribution in [0.4, 0.5) is 15.8 Å². The number of nitrogens with one attached hydrogen (secondary N) is 1. The van der Waals surface area contributed by atoms with Crippen molar-refractivity contribution in [3.63, 3.8) is 0 Å². The molecule has 8 nitrogen and oxygen atoms in total. The number of nitro benzene ring substituents is 1. The van der Waals surface area contributed by atoms with Crippen molar-refractivity contribution in [2.75, 3.05) is 11.0 Å². The van der Waals surface area contributed by atoms with E-state index in [0.717, 1.165) is 48.7 Å². The van der Waals surface area contributed by atoms with Crippen molar-refractivity contribution in [2.24, 2.45) is 0 Å². The van der Waals surface area contributed by atoms with Crippen LogP contribution in [0.1, 0.15) is 0 Å². The molecular formula is C13H11FN2O6S2. The Hall–Kier alpha value is -2.53. The predicted molar refractivity (Wildman–Crippen MR) is 83.4 cm³/mol. The minimum absolute atomic E-state index is 0.0566. The van der Waals surface area contributed by atoms with Crippen molar-refractivity contribution in [3.05, 3.63) is 58.4 Å². The maximum atomic E-state index is 13.3. The number of sulfonamides is 1. The summed E-state index contributed by atoms with van der Waals surface area (Å²) in [6.45, 7) is 0. The molecule has 0 aliphatic rings. The molecule has 0 bridgehead atoms. The lowest BCUT2D eigenvalue weighted by molar-refractivity contribution is -0.387. The molecule has 0 unspecified atom stereocenters. The maximum Gasteiger partial charge on any atom is 0.306 e. The normalized spacial score (nSPS) is 11.9. The Balaban J connectivity index is 2.35. The zero-order chi connectivity index (χ0) is 18.1. The topological polar surface area (TPSA) is 123 Å². The number of halogens is 1. The minimum Gasteiger partial charge on any atom is -0.279 e. The second-order valence-electron chi connectivity index (χ2n) is 4.77. The van der Waals surface area contributed by atoms with Crippen LogP contribution < -0.4 is 4.72 Å². The average Bonchev–Trinajstić information content (AvgIpc) is 2.48. The van der Waals surface area contributed by atoms with Crippen LogP contribution in [0.25, 0.3) is 0 Å². The summed E-state index contributed by atoms with van der Waals surface area (Å²) in [4.78, 5) is 9.39. The van der Waals surface area contributed by atoms with Gasteiger partial charge in [-0.25, -0.2) is 16.8 Å². The fraction of sp³-hybridized carbons (Fsp3) is 0.0769. The molecular weight excluding hydrogens is 363 g/mol. The van der Waals surface area contributed by atoms with Crippen LogP contribution in [0.3, 0.4) is 0 Å². The Kier molecular flexibility index (Phi) is 4.58. The SMILES string of the molecule is CS(=O)(=O)c1ccc(S(=O)(=O)Nc2ccc(F)c([N+](=O)[O-])c2)cc1. The number of hydrogen-bond acceptors (Lipinski definition) is 6. The van der Waals surface area contributed by atoms with E-state index >= 15 is 0 Å². The van der Waals surface area contributed by atoms with Crippen LogP contribution in [0.5, 0.6) is 0 Å². The van der Waals surface area contributed by atoms with Gasteiger partial charge in [-0.05, 0) is 36.4 Å². The van der Waals surface area contributed by atoms with E-state index in [-0.39, 0.29) is 15.5 Å². The summed E-state index contributed by atoms with van der Waals surface area (Å²) in [6.07, 6.45) is 0.979. The standard InChI is InChI=1S/C13H11FN2O6S2/c1-23(19,20)10-3-5-11(6-4-10)24(21,22)15-9-2-7-12(14)13(8-9)16(17)18/h2-8,15H,1H3. The number of nitrogens with zero attached hydrogens (tertiary/aromatic N) is 1. The van der Waals surface area contributed by atoms with E-state index in [4.69, 9.17) is 0 Å². The molecule has 0 aromatic heterocycles. The molecule has 1 N–H and O–H groups in total. The lowest BCUT2D eigenvalue weighted by Gasteiger charge is -2.08. The third-order valence-corrected chi connectivity index (χ3v) is 5.48. The van der Waals surface area contributed by atoms with E-state index in [2.05, 4.69) is 4.72 Å². The van der Waals surface area contributed by atoms with E-state index < -0.39 is 36.3 Å². The number of nitro groups is 1. The van der Waals surface area contributed by atoms with Crippen molar-refractivity contribution < 1.29 is 26.1 Å². The van der Waals surface area contributed by atoms with Crippen molar-refractivity contribution in [3.8, 4) is 0 Å². The van der Waals surface area contributed by atoms with Crippen LogP contribution in [0.15, 0.2) is 52.3 Å². The minimum atomic E-state index is -4.12. The van der Waals surface area contributed by atoms with E-state index in [0.29, 0.717) is 0 Å². The number of rotatable bonds is 5. The van der Waals surface area contributed by atoms with Gasteiger partial charge in [0.25, 0.3) is 10.0 Å². The van der Waals surface area contributed by atoms with Crippen LogP contribution in [-0.2, 0) is 19.9 Å². The Morgan fingerprint density at radius 1 is 1.00 bits per heavy atom. The molecule has 0 heterocycles. The van der Waals surface area contributed by atoms with Gasteiger partial charge in [0.15, 0.2) is 9.84 Å². The van der Waals surface area contributed by atoms with Gasteiger partial charge in [-0.3, -0.25) is 14.8 Å². The molecule has 11 heteroatoms. The van der Waals surface area contributed by atoms with Crippen molar-refractivity contribution in [1.82, 2.24) is 0 Å². The maximum absolute atomic E-state index is 13.3. The largest absolute Gasteiger partial charge is 0.306 e. The van der Waals surface area contributed by atoms with Gasteiger partial charge in [0.2, 0.25) is 5.82 Å². The molecule has 0 amide bonds. The summed E-state index contributed by atoms with van der Waals surface area (Å²) in [5, 5.41) is 10.7. The first-order chi connectivity index (χ1) is 11.0. The Morgan fingerprint density at radius 2 is 1.54 bits per heavy atom.